The molecule has 1 aliphatic heterocycles. The predicted octanol–water partition coefficient (Wildman–Crippen LogP) is 3.03. The zero-order chi connectivity index (χ0) is 12.5. The van der Waals surface area contributed by atoms with E-state index in [9.17, 15) is 0 Å². The molecule has 1 saturated carbocycles. The first kappa shape index (κ1) is 12.4. The van der Waals surface area contributed by atoms with Gasteiger partial charge in [0.2, 0.25) is 5.13 Å². The Morgan fingerprint density at radius 2 is 2.17 bits per heavy atom. The van der Waals surface area contributed by atoms with Crippen LogP contribution in [0.5, 0.6) is 0 Å². The van der Waals surface area contributed by atoms with Crippen molar-refractivity contribution in [3.8, 4) is 0 Å². The van der Waals surface area contributed by atoms with Gasteiger partial charge < -0.3 is 10.1 Å². The first-order valence-corrected chi connectivity index (χ1v) is 7.71. The van der Waals surface area contributed by atoms with Crippen LogP contribution in [0.15, 0.2) is 0 Å². The fourth-order valence-corrected chi connectivity index (χ4v) is 3.24. The van der Waals surface area contributed by atoms with Crippen LogP contribution < -0.4 is 5.32 Å². The van der Waals surface area contributed by atoms with Crippen LogP contribution in [0.2, 0.25) is 0 Å². The second kappa shape index (κ2) is 5.13. The van der Waals surface area contributed by atoms with Gasteiger partial charge in [0.1, 0.15) is 5.82 Å². The third-order valence-corrected chi connectivity index (χ3v) is 4.41. The Morgan fingerprint density at radius 3 is 2.83 bits per heavy atom. The summed E-state index contributed by atoms with van der Waals surface area (Å²) < 4.78 is 10.2. The van der Waals surface area contributed by atoms with E-state index in [-0.39, 0.29) is 0 Å². The molecule has 0 amide bonds. The molecule has 0 aromatic carbocycles. The van der Waals surface area contributed by atoms with Crippen molar-refractivity contribution in [2.75, 3.05) is 11.9 Å². The molecule has 2 heterocycles. The maximum Gasteiger partial charge on any atom is 0.202 e. The van der Waals surface area contributed by atoms with Crippen LogP contribution in [0.1, 0.15) is 51.3 Å². The first-order chi connectivity index (χ1) is 8.72. The lowest BCUT2D eigenvalue weighted by Crippen LogP contribution is -2.35. The number of rotatable bonds is 4. The fourth-order valence-electron chi connectivity index (χ4n) is 2.46. The summed E-state index contributed by atoms with van der Waals surface area (Å²) in [7, 11) is 0. The quantitative estimate of drug-likeness (QED) is 0.911. The highest BCUT2D eigenvalue weighted by Crippen LogP contribution is 2.38. The third kappa shape index (κ3) is 2.83. The predicted molar refractivity (Wildman–Crippen MR) is 73.1 cm³/mol. The molecule has 0 spiro atoms. The van der Waals surface area contributed by atoms with Crippen LogP contribution in [0.4, 0.5) is 5.13 Å². The number of nitrogens with zero attached hydrogens (tertiary/aromatic N) is 2. The number of anilines is 1. The molecule has 2 unspecified atom stereocenters. The van der Waals surface area contributed by atoms with Gasteiger partial charge in [-0.2, -0.15) is 4.37 Å². The Morgan fingerprint density at radius 1 is 1.33 bits per heavy atom. The van der Waals surface area contributed by atoms with Crippen molar-refractivity contribution in [3.63, 3.8) is 0 Å². The first-order valence-electron chi connectivity index (χ1n) is 6.94. The van der Waals surface area contributed by atoms with E-state index in [1.807, 2.05) is 0 Å². The van der Waals surface area contributed by atoms with E-state index < -0.39 is 0 Å². The Hall–Kier alpha value is -0.680. The Kier molecular flexibility index (Phi) is 3.52. The summed E-state index contributed by atoms with van der Waals surface area (Å²) >= 11 is 1.48. The maximum atomic E-state index is 5.84. The summed E-state index contributed by atoms with van der Waals surface area (Å²) in [5, 5.41) is 4.51. The van der Waals surface area contributed by atoms with Crippen LogP contribution >= 0.6 is 11.5 Å². The lowest BCUT2D eigenvalue weighted by atomic mass is 10.0. The Bertz CT molecular complexity index is 403. The zero-order valence-electron chi connectivity index (χ0n) is 11.1. The zero-order valence-corrected chi connectivity index (χ0v) is 11.9. The van der Waals surface area contributed by atoms with E-state index >= 15 is 0 Å². The molecule has 2 atom stereocenters. The normalized spacial score (nSPS) is 28.6. The molecular weight excluding hydrogens is 246 g/mol. The largest absolute Gasteiger partial charge is 0.378 e. The highest BCUT2D eigenvalue weighted by atomic mass is 32.1. The van der Waals surface area contributed by atoms with E-state index in [0.29, 0.717) is 18.1 Å². The van der Waals surface area contributed by atoms with E-state index in [2.05, 4.69) is 28.5 Å². The number of ether oxygens (including phenoxy) is 1. The highest BCUT2D eigenvalue weighted by molar-refractivity contribution is 7.09. The van der Waals surface area contributed by atoms with Gasteiger partial charge in [0.15, 0.2) is 0 Å². The molecule has 1 aromatic heterocycles. The van der Waals surface area contributed by atoms with Crippen molar-refractivity contribution < 1.29 is 4.74 Å². The summed E-state index contributed by atoms with van der Waals surface area (Å²) in [4.78, 5) is 4.54. The molecule has 1 saturated heterocycles. The van der Waals surface area contributed by atoms with E-state index in [0.717, 1.165) is 36.3 Å². The topological polar surface area (TPSA) is 47.0 Å². The van der Waals surface area contributed by atoms with Gasteiger partial charge in [-0.25, -0.2) is 4.98 Å². The number of hydrogen-bond acceptors (Lipinski definition) is 5. The summed E-state index contributed by atoms with van der Waals surface area (Å²) in [6.07, 6.45) is 5.40. The second-order valence-electron chi connectivity index (χ2n) is 5.72. The van der Waals surface area contributed by atoms with Crippen molar-refractivity contribution in [1.82, 2.24) is 9.36 Å². The molecule has 0 radical (unpaired) electrons. The molecule has 5 heteroatoms. The molecule has 2 aliphatic rings. The van der Waals surface area contributed by atoms with Gasteiger partial charge in [-0.15, -0.1) is 0 Å². The lowest BCUT2D eigenvalue weighted by Gasteiger charge is -2.30. The van der Waals surface area contributed by atoms with Gasteiger partial charge in [0, 0.05) is 30.1 Å². The van der Waals surface area contributed by atoms with Gasteiger partial charge in [-0.3, -0.25) is 0 Å². The summed E-state index contributed by atoms with van der Waals surface area (Å²) in [6.45, 7) is 5.14. The number of nitrogens with one attached hydrogen (secondary N) is 1. The van der Waals surface area contributed by atoms with Gasteiger partial charge in [0.05, 0.1) is 6.10 Å². The Balaban J connectivity index is 1.57. The smallest absolute Gasteiger partial charge is 0.202 e. The molecule has 100 valence electrons. The van der Waals surface area contributed by atoms with E-state index in [1.165, 1.54) is 24.4 Å². The van der Waals surface area contributed by atoms with Crippen molar-refractivity contribution in [2.45, 2.75) is 57.6 Å². The molecule has 4 nitrogen and oxygen atoms in total. The third-order valence-electron chi connectivity index (χ3n) is 3.75. The summed E-state index contributed by atoms with van der Waals surface area (Å²) in [5.41, 5.74) is 0. The minimum absolute atomic E-state index is 0.408. The average Bonchev–Trinajstić information content (AvgIpc) is 3.10. The van der Waals surface area contributed by atoms with Crippen LogP contribution in [-0.2, 0) is 4.74 Å². The van der Waals surface area contributed by atoms with E-state index in [4.69, 9.17) is 4.74 Å². The fraction of sp³-hybridized carbons (Fsp3) is 0.846. The van der Waals surface area contributed by atoms with Crippen molar-refractivity contribution in [2.24, 2.45) is 5.92 Å². The average molecular weight is 267 g/mol. The molecule has 1 aliphatic carbocycles. The van der Waals surface area contributed by atoms with Crippen molar-refractivity contribution in [1.29, 1.82) is 0 Å². The van der Waals surface area contributed by atoms with Gasteiger partial charge in [-0.05, 0) is 31.6 Å². The number of hydrogen-bond donors (Lipinski definition) is 1. The minimum atomic E-state index is 0.408. The van der Waals surface area contributed by atoms with Gasteiger partial charge in [-0.1, -0.05) is 13.8 Å². The van der Waals surface area contributed by atoms with Crippen LogP contribution in [0, 0.1) is 5.92 Å². The van der Waals surface area contributed by atoms with Crippen LogP contribution in [-0.4, -0.2) is 28.1 Å². The van der Waals surface area contributed by atoms with Gasteiger partial charge >= 0.3 is 0 Å². The maximum absolute atomic E-state index is 5.84. The molecule has 2 fully saturated rings. The van der Waals surface area contributed by atoms with Crippen LogP contribution in [0.3, 0.4) is 0 Å². The molecule has 1 aromatic rings. The number of aromatic nitrogens is 2. The second-order valence-corrected chi connectivity index (χ2v) is 6.48. The summed E-state index contributed by atoms with van der Waals surface area (Å²) in [6, 6.07) is 0.511. The summed E-state index contributed by atoms with van der Waals surface area (Å²) in [5.74, 6) is 2.19. The van der Waals surface area contributed by atoms with E-state index in [1.54, 1.807) is 0 Å². The minimum Gasteiger partial charge on any atom is -0.378 e. The molecule has 3 rings (SSSR count). The van der Waals surface area contributed by atoms with Crippen molar-refractivity contribution in [3.05, 3.63) is 5.82 Å². The molecule has 1 N–H and O–H groups in total. The lowest BCUT2D eigenvalue weighted by molar-refractivity contribution is -0.00218. The highest BCUT2D eigenvalue weighted by Gasteiger charge is 2.36. The molecule has 18 heavy (non-hydrogen) atoms. The monoisotopic (exact) mass is 267 g/mol. The molecular formula is C13H21N3OS. The Labute approximate surface area is 112 Å². The van der Waals surface area contributed by atoms with Crippen LogP contribution in [0.25, 0.3) is 0 Å². The van der Waals surface area contributed by atoms with Gasteiger partial charge in [0.25, 0.3) is 0 Å². The van der Waals surface area contributed by atoms with Crippen molar-refractivity contribution >= 4 is 16.7 Å². The SMILES string of the molecule is CC(C)c1nsc(NC2CCOC(C3CC3)C2)n1. The standard InChI is InChI=1S/C13H21N3OS/c1-8(2)12-15-13(18-16-12)14-10-5-6-17-11(7-10)9-3-4-9/h8-11H,3-7H2,1-2H3,(H,14,15,16). The molecule has 0 bridgehead atoms.